The minimum Gasteiger partial charge on any atom is -0.464 e. The number of amides is 1. The Bertz CT molecular complexity index is 1240. The fourth-order valence-electron chi connectivity index (χ4n) is 3.62. The molecule has 0 saturated heterocycles. The highest BCUT2D eigenvalue weighted by Gasteiger charge is 2.36. The molecule has 0 saturated carbocycles. The zero-order chi connectivity index (χ0) is 19.1. The first-order chi connectivity index (χ1) is 13.8. The van der Waals surface area contributed by atoms with Gasteiger partial charge in [-0.1, -0.05) is 42.5 Å². The van der Waals surface area contributed by atoms with Gasteiger partial charge in [0, 0.05) is 11.1 Å². The molecule has 0 atom stereocenters. The number of hydrogen-bond donors (Lipinski definition) is 1. The van der Waals surface area contributed by atoms with Gasteiger partial charge in [0.1, 0.15) is 23.9 Å². The summed E-state index contributed by atoms with van der Waals surface area (Å²) in [6.07, 6.45) is 3.39. The Hall–Kier alpha value is -4.11. The molecule has 2 aromatic carbocycles. The molecule has 1 aromatic heterocycles. The molecule has 0 radical (unpaired) electrons. The normalized spacial score (nSPS) is 16.2. The average Bonchev–Trinajstić information content (AvgIpc) is 3.27. The van der Waals surface area contributed by atoms with Gasteiger partial charge in [0.15, 0.2) is 5.84 Å². The van der Waals surface area contributed by atoms with Crippen molar-refractivity contribution in [3.05, 3.63) is 83.8 Å². The molecule has 3 aromatic rings. The molecule has 0 fully saturated rings. The van der Waals surface area contributed by atoms with Crippen LogP contribution in [0.2, 0.25) is 0 Å². The van der Waals surface area contributed by atoms with Crippen molar-refractivity contribution in [3.63, 3.8) is 0 Å². The van der Waals surface area contributed by atoms with Crippen molar-refractivity contribution in [3.8, 4) is 6.07 Å². The molecule has 2 aliphatic rings. The number of nitriles is 1. The summed E-state index contributed by atoms with van der Waals surface area (Å²) >= 11 is 0. The van der Waals surface area contributed by atoms with Crippen LogP contribution in [0.4, 0.5) is 0 Å². The third-order valence-corrected chi connectivity index (χ3v) is 4.86. The number of nitrogens with one attached hydrogen (secondary N) is 1. The van der Waals surface area contributed by atoms with Crippen LogP contribution in [-0.4, -0.2) is 23.2 Å². The lowest BCUT2D eigenvalue weighted by atomic mass is 9.93. The first-order valence-corrected chi connectivity index (χ1v) is 8.80. The smallest absolute Gasteiger partial charge is 0.253 e. The molecule has 5 rings (SSSR count). The summed E-state index contributed by atoms with van der Waals surface area (Å²) < 4.78 is 5.55. The van der Waals surface area contributed by atoms with Crippen molar-refractivity contribution in [2.75, 3.05) is 6.54 Å². The molecule has 2 aliphatic heterocycles. The van der Waals surface area contributed by atoms with Crippen LogP contribution in [-0.2, 0) is 4.79 Å². The predicted octanol–water partition coefficient (Wildman–Crippen LogP) is 3.51. The number of furan rings is 1. The summed E-state index contributed by atoms with van der Waals surface area (Å²) in [7, 11) is 0. The molecular formula is C22H14N4O2. The van der Waals surface area contributed by atoms with E-state index >= 15 is 0 Å². The van der Waals surface area contributed by atoms with Gasteiger partial charge in [-0.15, -0.1) is 0 Å². The number of carbonyl (C=O) groups is 1. The minimum atomic E-state index is -0.171. The Labute approximate surface area is 160 Å². The third-order valence-electron chi connectivity index (χ3n) is 4.86. The average molecular weight is 366 g/mol. The maximum Gasteiger partial charge on any atom is 0.253 e. The Balaban J connectivity index is 1.83. The molecule has 0 aliphatic carbocycles. The Morgan fingerprint density at radius 2 is 1.96 bits per heavy atom. The number of fused-ring (bicyclic) bond motifs is 2. The molecule has 0 unspecified atom stereocenters. The van der Waals surface area contributed by atoms with Crippen molar-refractivity contribution >= 4 is 33.8 Å². The highest BCUT2D eigenvalue weighted by atomic mass is 16.3. The molecule has 134 valence electrons. The van der Waals surface area contributed by atoms with E-state index in [1.807, 2.05) is 48.5 Å². The fourth-order valence-corrected chi connectivity index (χ4v) is 3.62. The maximum atomic E-state index is 12.8. The molecule has 0 bridgehead atoms. The largest absolute Gasteiger partial charge is 0.464 e. The quantitative estimate of drug-likeness (QED) is 0.752. The molecule has 28 heavy (non-hydrogen) atoms. The van der Waals surface area contributed by atoms with Gasteiger partial charge in [-0.25, -0.2) is 0 Å². The molecule has 3 heterocycles. The number of carbonyl (C=O) groups excluding carboxylic acids is 1. The first kappa shape index (κ1) is 16.1. The Kier molecular flexibility index (Phi) is 3.59. The third kappa shape index (κ3) is 2.34. The van der Waals surface area contributed by atoms with Crippen LogP contribution < -0.4 is 5.43 Å². The van der Waals surface area contributed by atoms with Crippen LogP contribution in [0.5, 0.6) is 0 Å². The number of hydrogen-bond acceptors (Lipinski definition) is 5. The zero-order valence-electron chi connectivity index (χ0n) is 14.7. The van der Waals surface area contributed by atoms with Gasteiger partial charge in [-0.05, 0) is 29.0 Å². The topological polar surface area (TPSA) is 81.6 Å². The molecular weight excluding hydrogens is 352 g/mol. The summed E-state index contributed by atoms with van der Waals surface area (Å²) in [5.74, 6) is 0.667. The van der Waals surface area contributed by atoms with Crippen LogP contribution in [0, 0.1) is 11.3 Å². The first-order valence-electron chi connectivity index (χ1n) is 8.80. The van der Waals surface area contributed by atoms with Gasteiger partial charge in [-0.3, -0.25) is 15.1 Å². The van der Waals surface area contributed by atoms with E-state index in [0.29, 0.717) is 22.6 Å². The van der Waals surface area contributed by atoms with E-state index in [2.05, 4.69) is 16.6 Å². The van der Waals surface area contributed by atoms with Gasteiger partial charge >= 0.3 is 0 Å². The summed E-state index contributed by atoms with van der Waals surface area (Å²) in [6, 6.07) is 19.7. The SMILES string of the molecule is N#CC1=C(c2ccco2)C=C(c2cccc3ccccc23)N2C(=O)CNN=C12. The number of benzene rings is 2. The van der Waals surface area contributed by atoms with Crippen molar-refractivity contribution in [2.24, 2.45) is 5.10 Å². The second-order valence-corrected chi connectivity index (χ2v) is 6.43. The zero-order valence-corrected chi connectivity index (χ0v) is 14.7. The summed E-state index contributed by atoms with van der Waals surface area (Å²) in [5, 5.41) is 16.1. The van der Waals surface area contributed by atoms with E-state index in [1.165, 1.54) is 4.90 Å². The maximum absolute atomic E-state index is 12.8. The molecule has 6 heteroatoms. The minimum absolute atomic E-state index is 0.0698. The van der Waals surface area contributed by atoms with Gasteiger partial charge < -0.3 is 4.42 Å². The Morgan fingerprint density at radius 1 is 1.11 bits per heavy atom. The van der Waals surface area contributed by atoms with E-state index in [0.717, 1.165) is 16.3 Å². The van der Waals surface area contributed by atoms with Crippen LogP contribution in [0.25, 0.3) is 22.0 Å². The van der Waals surface area contributed by atoms with Crippen LogP contribution in [0.15, 0.2) is 82.0 Å². The van der Waals surface area contributed by atoms with Gasteiger partial charge in [-0.2, -0.15) is 10.4 Å². The van der Waals surface area contributed by atoms with E-state index in [9.17, 15) is 10.1 Å². The molecule has 0 spiro atoms. The number of allylic oxidation sites excluding steroid dienone is 2. The van der Waals surface area contributed by atoms with Crippen LogP contribution >= 0.6 is 0 Å². The second-order valence-electron chi connectivity index (χ2n) is 6.43. The monoisotopic (exact) mass is 366 g/mol. The highest BCUT2D eigenvalue weighted by molar-refractivity contribution is 6.24. The van der Waals surface area contributed by atoms with Gasteiger partial charge in [0.05, 0.1) is 12.0 Å². The molecule has 1 N–H and O–H groups in total. The Morgan fingerprint density at radius 3 is 2.79 bits per heavy atom. The summed E-state index contributed by atoms with van der Waals surface area (Å²) in [4.78, 5) is 14.3. The highest BCUT2D eigenvalue weighted by Crippen LogP contribution is 2.37. The van der Waals surface area contributed by atoms with Crippen molar-refractivity contribution in [1.29, 1.82) is 5.26 Å². The van der Waals surface area contributed by atoms with Gasteiger partial charge in [0.25, 0.3) is 5.91 Å². The number of rotatable bonds is 2. The van der Waals surface area contributed by atoms with Crippen molar-refractivity contribution in [1.82, 2.24) is 10.3 Å². The lowest BCUT2D eigenvalue weighted by molar-refractivity contribution is -0.124. The number of hydrazone groups is 1. The molecule has 6 nitrogen and oxygen atoms in total. The lowest BCUT2D eigenvalue weighted by Gasteiger charge is -2.33. The van der Waals surface area contributed by atoms with E-state index in [4.69, 9.17) is 4.42 Å². The van der Waals surface area contributed by atoms with E-state index in [1.54, 1.807) is 18.4 Å². The predicted molar refractivity (Wildman–Crippen MR) is 105 cm³/mol. The number of amidine groups is 1. The van der Waals surface area contributed by atoms with E-state index in [-0.39, 0.29) is 18.3 Å². The fraction of sp³-hybridized carbons (Fsp3) is 0.0455. The second kappa shape index (κ2) is 6.25. The van der Waals surface area contributed by atoms with Crippen LogP contribution in [0.3, 0.4) is 0 Å². The van der Waals surface area contributed by atoms with Crippen molar-refractivity contribution in [2.45, 2.75) is 0 Å². The number of nitrogens with zero attached hydrogens (tertiary/aromatic N) is 3. The van der Waals surface area contributed by atoms with E-state index < -0.39 is 0 Å². The molecule has 1 amide bonds. The lowest BCUT2D eigenvalue weighted by Crippen LogP contribution is -2.47. The van der Waals surface area contributed by atoms with Crippen LogP contribution in [0.1, 0.15) is 11.3 Å². The summed E-state index contributed by atoms with van der Waals surface area (Å²) in [5.41, 5.74) is 5.18. The van der Waals surface area contributed by atoms with Gasteiger partial charge in [0.2, 0.25) is 0 Å². The standard InChI is InChI=1S/C22H14N4O2/c23-12-18-17(20-9-4-10-28-20)11-19(26-21(27)13-24-25-22(18)26)16-8-3-6-14-5-1-2-7-15(14)16/h1-11,24H,13H2. The van der Waals surface area contributed by atoms with Crippen molar-refractivity contribution < 1.29 is 9.21 Å². The summed E-state index contributed by atoms with van der Waals surface area (Å²) in [6.45, 7) is 0.0698.